The molecule has 1 N–H and O–H groups in total. The van der Waals surface area contributed by atoms with E-state index in [0.29, 0.717) is 19.1 Å². The van der Waals surface area contributed by atoms with Crippen molar-refractivity contribution in [2.75, 3.05) is 26.2 Å². The van der Waals surface area contributed by atoms with Gasteiger partial charge in [-0.2, -0.15) is 0 Å². The van der Waals surface area contributed by atoms with Gasteiger partial charge in [0.25, 0.3) is 0 Å². The second-order valence-corrected chi connectivity index (χ2v) is 5.83. The van der Waals surface area contributed by atoms with Crippen LogP contribution < -0.4 is 10.1 Å². The van der Waals surface area contributed by atoms with Crippen molar-refractivity contribution in [2.45, 2.75) is 45.1 Å². The summed E-state index contributed by atoms with van der Waals surface area (Å²) in [6, 6.07) is 10.2. The summed E-state index contributed by atoms with van der Waals surface area (Å²) < 4.78 is 5.66. The van der Waals surface area contributed by atoms with Crippen LogP contribution in [-0.2, 0) is 4.79 Å². The number of carbonyl (C=O) groups is 1. The number of carbonyl (C=O) groups excluding carboxylic acids is 1. The first-order chi connectivity index (χ1) is 10.8. The summed E-state index contributed by atoms with van der Waals surface area (Å²) in [5, 5.41) is 3.36. The van der Waals surface area contributed by atoms with Crippen LogP contribution in [0.15, 0.2) is 30.3 Å². The van der Waals surface area contributed by atoms with E-state index < -0.39 is 0 Å². The van der Waals surface area contributed by atoms with E-state index in [-0.39, 0.29) is 18.3 Å². The number of rotatable bonds is 8. The summed E-state index contributed by atoms with van der Waals surface area (Å²) in [6.45, 7) is 5.66. The number of nitrogens with zero attached hydrogens (tertiary/aromatic N) is 1. The van der Waals surface area contributed by atoms with E-state index in [1.807, 2.05) is 30.3 Å². The average molecular weight is 341 g/mol. The second-order valence-electron chi connectivity index (χ2n) is 5.83. The minimum Gasteiger partial charge on any atom is -0.494 e. The number of para-hydroxylation sites is 1. The molecule has 1 aliphatic heterocycles. The molecular weight excluding hydrogens is 312 g/mol. The molecule has 1 aromatic rings. The monoisotopic (exact) mass is 340 g/mol. The predicted octanol–water partition coefficient (Wildman–Crippen LogP) is 3.26. The van der Waals surface area contributed by atoms with Crippen molar-refractivity contribution >= 4 is 18.3 Å². The molecule has 1 saturated heterocycles. The molecule has 1 heterocycles. The maximum atomic E-state index is 12.5. The van der Waals surface area contributed by atoms with Gasteiger partial charge in [-0.05, 0) is 50.9 Å². The maximum absolute atomic E-state index is 12.5. The lowest BCUT2D eigenvalue weighted by Gasteiger charge is -2.34. The highest BCUT2D eigenvalue weighted by Gasteiger charge is 2.24. The van der Waals surface area contributed by atoms with Crippen molar-refractivity contribution in [1.29, 1.82) is 0 Å². The normalized spacial score (nSPS) is 14.8. The van der Waals surface area contributed by atoms with Crippen LogP contribution in [0.3, 0.4) is 0 Å². The van der Waals surface area contributed by atoms with Crippen LogP contribution in [0.5, 0.6) is 5.75 Å². The zero-order chi connectivity index (χ0) is 15.6. The van der Waals surface area contributed by atoms with E-state index in [2.05, 4.69) is 17.1 Å². The van der Waals surface area contributed by atoms with Crippen LogP contribution in [0, 0.1) is 0 Å². The SMILES string of the molecule is CCCN(C(=O)CCCOc1ccccc1)C1CCNCC1.Cl. The van der Waals surface area contributed by atoms with Crippen LogP contribution >= 0.6 is 12.4 Å². The largest absolute Gasteiger partial charge is 0.494 e. The summed E-state index contributed by atoms with van der Waals surface area (Å²) in [7, 11) is 0. The molecule has 2 rings (SSSR count). The van der Waals surface area contributed by atoms with Crippen molar-refractivity contribution < 1.29 is 9.53 Å². The molecule has 0 radical (unpaired) electrons. The fourth-order valence-electron chi connectivity index (χ4n) is 2.94. The van der Waals surface area contributed by atoms with E-state index in [0.717, 1.165) is 51.1 Å². The third-order valence-corrected chi connectivity index (χ3v) is 4.08. The molecule has 0 aliphatic carbocycles. The molecule has 0 bridgehead atoms. The summed E-state index contributed by atoms with van der Waals surface area (Å²) in [5.74, 6) is 1.16. The third kappa shape index (κ3) is 6.80. The minimum absolute atomic E-state index is 0. The van der Waals surface area contributed by atoms with Gasteiger partial charge in [-0.25, -0.2) is 0 Å². The molecular formula is C18H29ClN2O2. The number of ether oxygens (including phenoxy) is 1. The Labute approximate surface area is 146 Å². The molecule has 5 heteroatoms. The van der Waals surface area contributed by atoms with Gasteiger partial charge >= 0.3 is 0 Å². The molecule has 23 heavy (non-hydrogen) atoms. The Balaban J connectivity index is 0.00000264. The average Bonchev–Trinajstić information content (AvgIpc) is 2.58. The number of hydrogen-bond donors (Lipinski definition) is 1. The van der Waals surface area contributed by atoms with Crippen molar-refractivity contribution in [3.8, 4) is 5.75 Å². The molecule has 1 fully saturated rings. The number of piperidine rings is 1. The summed E-state index contributed by atoms with van der Waals surface area (Å²) in [6.07, 6.45) is 4.53. The van der Waals surface area contributed by atoms with Gasteiger partial charge in [0.2, 0.25) is 5.91 Å². The summed E-state index contributed by atoms with van der Waals surface area (Å²) >= 11 is 0. The van der Waals surface area contributed by atoms with Crippen LogP contribution in [0.2, 0.25) is 0 Å². The molecule has 0 unspecified atom stereocenters. The molecule has 0 atom stereocenters. The Hall–Kier alpha value is -1.26. The molecule has 130 valence electrons. The minimum atomic E-state index is 0. The number of nitrogens with one attached hydrogen (secondary N) is 1. The van der Waals surface area contributed by atoms with Gasteiger partial charge < -0.3 is 15.0 Å². The Morgan fingerprint density at radius 2 is 1.96 bits per heavy atom. The van der Waals surface area contributed by atoms with E-state index in [1.54, 1.807) is 0 Å². The Morgan fingerprint density at radius 1 is 1.26 bits per heavy atom. The molecule has 0 saturated carbocycles. The lowest BCUT2D eigenvalue weighted by Crippen LogP contribution is -2.46. The van der Waals surface area contributed by atoms with Crippen LogP contribution in [-0.4, -0.2) is 43.1 Å². The summed E-state index contributed by atoms with van der Waals surface area (Å²) in [5.41, 5.74) is 0. The van der Waals surface area contributed by atoms with Gasteiger partial charge in [0.1, 0.15) is 5.75 Å². The van der Waals surface area contributed by atoms with E-state index in [4.69, 9.17) is 4.74 Å². The van der Waals surface area contributed by atoms with E-state index in [9.17, 15) is 4.79 Å². The zero-order valence-electron chi connectivity index (χ0n) is 14.0. The van der Waals surface area contributed by atoms with E-state index >= 15 is 0 Å². The molecule has 1 aromatic carbocycles. The zero-order valence-corrected chi connectivity index (χ0v) is 14.8. The van der Waals surface area contributed by atoms with Crippen molar-refractivity contribution in [2.24, 2.45) is 0 Å². The first kappa shape index (κ1) is 19.8. The molecule has 4 nitrogen and oxygen atoms in total. The molecule has 0 spiro atoms. The first-order valence-electron chi connectivity index (χ1n) is 8.49. The topological polar surface area (TPSA) is 41.6 Å². The third-order valence-electron chi connectivity index (χ3n) is 4.08. The highest BCUT2D eigenvalue weighted by molar-refractivity contribution is 5.85. The smallest absolute Gasteiger partial charge is 0.222 e. The van der Waals surface area contributed by atoms with Crippen LogP contribution in [0.1, 0.15) is 39.0 Å². The van der Waals surface area contributed by atoms with Gasteiger partial charge in [-0.15, -0.1) is 12.4 Å². The van der Waals surface area contributed by atoms with Crippen molar-refractivity contribution in [1.82, 2.24) is 10.2 Å². The van der Waals surface area contributed by atoms with Gasteiger partial charge in [0, 0.05) is 19.0 Å². The summed E-state index contributed by atoms with van der Waals surface area (Å²) in [4.78, 5) is 14.6. The van der Waals surface area contributed by atoms with Gasteiger partial charge in [0.05, 0.1) is 6.61 Å². The highest BCUT2D eigenvalue weighted by atomic mass is 35.5. The van der Waals surface area contributed by atoms with Crippen LogP contribution in [0.4, 0.5) is 0 Å². The second kappa shape index (κ2) is 11.3. The lowest BCUT2D eigenvalue weighted by molar-refractivity contribution is -0.134. The van der Waals surface area contributed by atoms with Gasteiger partial charge in [-0.3, -0.25) is 4.79 Å². The molecule has 1 amide bonds. The number of hydrogen-bond acceptors (Lipinski definition) is 3. The fraction of sp³-hybridized carbons (Fsp3) is 0.611. The fourth-order valence-corrected chi connectivity index (χ4v) is 2.94. The van der Waals surface area contributed by atoms with Crippen LogP contribution in [0.25, 0.3) is 0 Å². The number of halogens is 1. The maximum Gasteiger partial charge on any atom is 0.222 e. The van der Waals surface area contributed by atoms with Crippen molar-refractivity contribution in [3.05, 3.63) is 30.3 Å². The Bertz CT molecular complexity index is 436. The van der Waals surface area contributed by atoms with Gasteiger partial charge in [-0.1, -0.05) is 25.1 Å². The quantitative estimate of drug-likeness (QED) is 0.738. The lowest BCUT2D eigenvalue weighted by atomic mass is 10.0. The Morgan fingerprint density at radius 3 is 2.61 bits per heavy atom. The van der Waals surface area contributed by atoms with E-state index in [1.165, 1.54) is 0 Å². The first-order valence-corrected chi connectivity index (χ1v) is 8.49. The highest BCUT2D eigenvalue weighted by Crippen LogP contribution is 2.15. The number of amides is 1. The molecule has 1 aliphatic rings. The molecule has 0 aromatic heterocycles. The van der Waals surface area contributed by atoms with Crippen molar-refractivity contribution in [3.63, 3.8) is 0 Å². The standard InChI is InChI=1S/C18H28N2O2.ClH/c1-2-14-20(16-10-12-19-13-11-16)18(21)9-6-15-22-17-7-4-3-5-8-17;/h3-5,7-8,16,19H,2,6,9-15H2,1H3;1H. The Kier molecular flexibility index (Phi) is 9.72. The van der Waals surface area contributed by atoms with Gasteiger partial charge in [0.15, 0.2) is 0 Å². The predicted molar refractivity (Wildman–Crippen MR) is 96.3 cm³/mol. The number of benzene rings is 1.